The zero-order chi connectivity index (χ0) is 27.6. The highest BCUT2D eigenvalue weighted by Gasteiger charge is 2.44. The SMILES string of the molecule is O=C(CC[C@H]1O[C@@H](n2cnc3c(NC(=O)c4ccccc4)ncnc32)[C@H](O)[C@@H]1O)NCc1ccc2c(c1)OCO2. The van der Waals surface area contributed by atoms with E-state index in [4.69, 9.17) is 14.2 Å². The van der Waals surface area contributed by atoms with Gasteiger partial charge in [-0.3, -0.25) is 14.2 Å². The number of aliphatic hydroxyl groups is 2. The molecule has 1 saturated heterocycles. The Bertz CT molecular complexity index is 1550. The maximum atomic E-state index is 12.6. The molecule has 2 amide bonds. The summed E-state index contributed by atoms with van der Waals surface area (Å²) in [7, 11) is 0. The van der Waals surface area contributed by atoms with Crippen LogP contribution in [-0.2, 0) is 16.1 Å². The number of hydrogen-bond donors (Lipinski definition) is 4. The molecule has 4 aromatic rings. The largest absolute Gasteiger partial charge is 0.454 e. The Morgan fingerprint density at radius 1 is 1.00 bits per heavy atom. The van der Waals surface area contributed by atoms with Gasteiger partial charge in [-0.1, -0.05) is 24.3 Å². The summed E-state index contributed by atoms with van der Waals surface area (Å²) < 4.78 is 18.1. The first-order chi connectivity index (χ1) is 19.5. The lowest BCUT2D eigenvalue weighted by atomic mass is 10.1. The number of nitrogens with zero attached hydrogens (tertiary/aromatic N) is 4. The lowest BCUT2D eigenvalue weighted by Crippen LogP contribution is -2.32. The van der Waals surface area contributed by atoms with Gasteiger partial charge in [-0.25, -0.2) is 15.0 Å². The van der Waals surface area contributed by atoms with E-state index in [-0.39, 0.29) is 37.3 Å². The number of anilines is 1. The van der Waals surface area contributed by atoms with Crippen LogP contribution in [0.25, 0.3) is 11.2 Å². The van der Waals surface area contributed by atoms with Crippen LogP contribution in [0.1, 0.15) is 35.0 Å². The molecule has 2 aromatic heterocycles. The normalized spacial score (nSPS) is 21.4. The van der Waals surface area contributed by atoms with Gasteiger partial charge >= 0.3 is 0 Å². The first kappa shape index (κ1) is 25.7. The van der Waals surface area contributed by atoms with Crippen molar-refractivity contribution in [1.82, 2.24) is 24.8 Å². The molecule has 0 spiro atoms. The maximum Gasteiger partial charge on any atom is 0.256 e. The van der Waals surface area contributed by atoms with Crippen LogP contribution in [-0.4, -0.2) is 66.7 Å². The van der Waals surface area contributed by atoms with Crippen molar-refractivity contribution in [2.45, 2.75) is 43.9 Å². The number of fused-ring (bicyclic) bond motifs is 2. The third-order valence-electron chi connectivity index (χ3n) is 6.82. The predicted molar refractivity (Wildman–Crippen MR) is 139 cm³/mol. The molecular weight excluding hydrogens is 520 g/mol. The van der Waals surface area contributed by atoms with Crippen molar-refractivity contribution in [3.63, 3.8) is 0 Å². The van der Waals surface area contributed by atoms with E-state index in [0.29, 0.717) is 34.8 Å². The number of rotatable bonds is 8. The number of aromatic nitrogens is 4. The molecule has 4 heterocycles. The van der Waals surface area contributed by atoms with Gasteiger partial charge in [-0.05, 0) is 36.2 Å². The van der Waals surface area contributed by atoms with Crippen molar-refractivity contribution in [2.75, 3.05) is 12.1 Å². The Morgan fingerprint density at radius 3 is 2.67 bits per heavy atom. The molecule has 40 heavy (non-hydrogen) atoms. The molecule has 206 valence electrons. The Kier molecular flexibility index (Phi) is 6.99. The standard InChI is InChI=1S/C27H26N6O7/c34-20(28-11-15-6-7-17-19(10-15)39-14-38-17)9-8-18-22(35)23(36)27(40-18)33-13-31-21-24(29-12-30-25(21)33)32-26(37)16-4-2-1-3-5-16/h1-7,10,12-13,18,22-23,27,35-36H,8-9,11,14H2,(H,28,34)(H,29,30,32,37)/t18-,22-,23-,27-/m1/s1. The van der Waals surface area contributed by atoms with E-state index in [0.717, 1.165) is 5.56 Å². The fraction of sp³-hybridized carbons (Fsp3) is 0.296. The summed E-state index contributed by atoms with van der Waals surface area (Å²) in [5, 5.41) is 27.0. The second-order valence-corrected chi connectivity index (χ2v) is 9.42. The summed E-state index contributed by atoms with van der Waals surface area (Å²) in [6.45, 7) is 0.480. The number of amides is 2. The van der Waals surface area contributed by atoms with Crippen molar-refractivity contribution in [3.8, 4) is 11.5 Å². The highest BCUT2D eigenvalue weighted by atomic mass is 16.7. The molecule has 2 aromatic carbocycles. The second kappa shape index (κ2) is 10.9. The highest BCUT2D eigenvalue weighted by molar-refractivity contribution is 6.06. The summed E-state index contributed by atoms with van der Waals surface area (Å²) in [6.07, 6.45) is -1.41. The van der Waals surface area contributed by atoms with Gasteiger partial charge in [0.25, 0.3) is 5.91 Å². The molecule has 0 bridgehead atoms. The van der Waals surface area contributed by atoms with Gasteiger partial charge in [0.15, 0.2) is 34.7 Å². The average Bonchev–Trinajstić information content (AvgIpc) is 3.69. The quantitative estimate of drug-likeness (QED) is 0.254. The number of hydrogen-bond acceptors (Lipinski definition) is 10. The molecule has 0 aliphatic carbocycles. The van der Waals surface area contributed by atoms with Gasteiger partial charge in [-0.2, -0.15) is 0 Å². The summed E-state index contributed by atoms with van der Waals surface area (Å²) in [5.41, 5.74) is 1.91. The molecule has 6 rings (SSSR count). The van der Waals surface area contributed by atoms with E-state index in [1.807, 2.05) is 18.2 Å². The number of aliphatic hydroxyl groups excluding tert-OH is 2. The molecule has 2 aliphatic rings. The fourth-order valence-electron chi connectivity index (χ4n) is 4.71. The van der Waals surface area contributed by atoms with Gasteiger partial charge in [0.2, 0.25) is 12.7 Å². The smallest absolute Gasteiger partial charge is 0.256 e. The maximum absolute atomic E-state index is 12.6. The predicted octanol–water partition coefficient (Wildman–Crippen LogP) is 1.52. The molecular formula is C27H26N6O7. The third-order valence-corrected chi connectivity index (χ3v) is 6.82. The van der Waals surface area contributed by atoms with Gasteiger partial charge in [0, 0.05) is 18.5 Å². The third kappa shape index (κ3) is 5.04. The minimum atomic E-state index is -1.29. The number of carbonyl (C=O) groups is 2. The van der Waals surface area contributed by atoms with Crippen LogP contribution in [0.4, 0.5) is 5.82 Å². The monoisotopic (exact) mass is 546 g/mol. The molecule has 4 atom stereocenters. The van der Waals surface area contributed by atoms with Gasteiger partial charge < -0.3 is 35.1 Å². The summed E-state index contributed by atoms with van der Waals surface area (Å²) in [5.74, 6) is 0.907. The number of imidazole rings is 1. The van der Waals surface area contributed by atoms with Crippen molar-refractivity contribution in [1.29, 1.82) is 0 Å². The fourth-order valence-corrected chi connectivity index (χ4v) is 4.71. The van der Waals surface area contributed by atoms with Crippen LogP contribution in [0.5, 0.6) is 11.5 Å². The van der Waals surface area contributed by atoms with E-state index in [1.54, 1.807) is 30.3 Å². The Balaban J connectivity index is 1.08. The van der Waals surface area contributed by atoms with E-state index in [1.165, 1.54) is 17.2 Å². The van der Waals surface area contributed by atoms with Crippen LogP contribution in [0, 0.1) is 0 Å². The molecule has 4 N–H and O–H groups in total. The van der Waals surface area contributed by atoms with Gasteiger partial charge in [-0.15, -0.1) is 0 Å². The lowest BCUT2D eigenvalue weighted by Gasteiger charge is -2.16. The zero-order valence-electron chi connectivity index (χ0n) is 21.1. The molecule has 13 heteroatoms. The van der Waals surface area contributed by atoms with E-state index in [2.05, 4.69) is 25.6 Å². The van der Waals surface area contributed by atoms with Crippen LogP contribution in [0.3, 0.4) is 0 Å². The van der Waals surface area contributed by atoms with Crippen molar-refractivity contribution < 1.29 is 34.0 Å². The minimum Gasteiger partial charge on any atom is -0.454 e. The van der Waals surface area contributed by atoms with Crippen molar-refractivity contribution in [3.05, 3.63) is 72.3 Å². The number of benzene rings is 2. The van der Waals surface area contributed by atoms with E-state index in [9.17, 15) is 19.8 Å². The van der Waals surface area contributed by atoms with Crippen LogP contribution in [0.2, 0.25) is 0 Å². The topological polar surface area (TPSA) is 170 Å². The molecule has 1 fully saturated rings. The number of nitrogens with one attached hydrogen (secondary N) is 2. The van der Waals surface area contributed by atoms with Gasteiger partial charge in [0.1, 0.15) is 18.5 Å². The number of carbonyl (C=O) groups excluding carboxylic acids is 2. The Hall–Kier alpha value is -4.59. The summed E-state index contributed by atoms with van der Waals surface area (Å²) in [6, 6.07) is 14.1. The van der Waals surface area contributed by atoms with Crippen molar-refractivity contribution in [2.24, 2.45) is 0 Å². The molecule has 0 radical (unpaired) electrons. The van der Waals surface area contributed by atoms with Crippen LogP contribution < -0.4 is 20.1 Å². The van der Waals surface area contributed by atoms with E-state index < -0.39 is 24.5 Å². The lowest BCUT2D eigenvalue weighted by molar-refractivity contribution is -0.122. The van der Waals surface area contributed by atoms with Gasteiger partial charge in [0.05, 0.1) is 12.4 Å². The second-order valence-electron chi connectivity index (χ2n) is 9.42. The molecule has 13 nitrogen and oxygen atoms in total. The molecule has 0 saturated carbocycles. The molecule has 0 unspecified atom stereocenters. The average molecular weight is 547 g/mol. The van der Waals surface area contributed by atoms with Crippen LogP contribution >= 0.6 is 0 Å². The van der Waals surface area contributed by atoms with Crippen LogP contribution in [0.15, 0.2) is 61.2 Å². The Morgan fingerprint density at radius 2 is 1.82 bits per heavy atom. The zero-order valence-corrected chi connectivity index (χ0v) is 21.1. The van der Waals surface area contributed by atoms with E-state index >= 15 is 0 Å². The first-order valence-electron chi connectivity index (χ1n) is 12.7. The summed E-state index contributed by atoms with van der Waals surface area (Å²) in [4.78, 5) is 37.8. The molecule has 2 aliphatic heterocycles. The summed E-state index contributed by atoms with van der Waals surface area (Å²) >= 11 is 0. The Labute approximate surface area is 227 Å². The van der Waals surface area contributed by atoms with Crippen molar-refractivity contribution >= 4 is 28.8 Å². The first-order valence-corrected chi connectivity index (χ1v) is 12.7. The minimum absolute atomic E-state index is 0.0776. The number of ether oxygens (including phenoxy) is 3. The highest BCUT2D eigenvalue weighted by Crippen LogP contribution is 2.34.